The van der Waals surface area contributed by atoms with Gasteiger partial charge in [-0.25, -0.2) is 13.4 Å². The number of hydrogen-bond donors (Lipinski definition) is 0. The van der Waals surface area contributed by atoms with Crippen molar-refractivity contribution in [1.82, 2.24) is 18.8 Å². The average Bonchev–Trinajstić information content (AvgIpc) is 3.29. The van der Waals surface area contributed by atoms with Crippen LogP contribution in [0, 0.1) is 17.0 Å². The second-order valence-corrected chi connectivity index (χ2v) is 9.29. The van der Waals surface area contributed by atoms with Gasteiger partial charge in [-0.1, -0.05) is 24.3 Å². The first-order valence-electron chi connectivity index (χ1n) is 9.91. The number of nitro benzene ring substituents is 1. The molecule has 0 atom stereocenters. The van der Waals surface area contributed by atoms with Gasteiger partial charge < -0.3 is 4.90 Å². The molecule has 0 radical (unpaired) electrons. The van der Waals surface area contributed by atoms with Gasteiger partial charge in [0.1, 0.15) is 5.69 Å². The third kappa shape index (κ3) is 3.99. The van der Waals surface area contributed by atoms with Gasteiger partial charge in [-0.2, -0.15) is 4.31 Å². The monoisotopic (exact) mass is 455 g/mol. The first-order valence-corrected chi connectivity index (χ1v) is 11.4. The molecule has 0 aliphatic carbocycles. The van der Waals surface area contributed by atoms with Crippen molar-refractivity contribution < 1.29 is 18.1 Å². The predicted octanol–water partition coefficient (Wildman–Crippen LogP) is 2.24. The van der Waals surface area contributed by atoms with Crippen LogP contribution in [0.5, 0.6) is 0 Å². The van der Waals surface area contributed by atoms with Crippen LogP contribution in [0.4, 0.5) is 5.69 Å². The number of amides is 1. The minimum absolute atomic E-state index is 0.0892. The summed E-state index contributed by atoms with van der Waals surface area (Å²) in [6.45, 7) is 2.19. The standard InChI is InChI=1S/C21H21N5O5S/c1-16-7-8-18(26(28)29)13-20(16)32(30,31)24-11-9-23(10-12-24)21(27)19-14-22-15-25(19)17-5-3-2-4-6-17/h2-8,13-15H,9-12H2,1H3. The number of carbonyl (C=O) groups excluding carboxylic acids is 1. The molecular weight excluding hydrogens is 434 g/mol. The number of para-hydroxylation sites is 1. The smallest absolute Gasteiger partial charge is 0.272 e. The van der Waals surface area contributed by atoms with Crippen LogP contribution in [0.3, 0.4) is 0 Å². The number of aromatic nitrogens is 2. The summed E-state index contributed by atoms with van der Waals surface area (Å²) in [5, 5.41) is 11.1. The maximum Gasteiger partial charge on any atom is 0.272 e. The number of hydrogen-bond acceptors (Lipinski definition) is 6. The lowest BCUT2D eigenvalue weighted by molar-refractivity contribution is -0.385. The molecule has 32 heavy (non-hydrogen) atoms. The summed E-state index contributed by atoms with van der Waals surface area (Å²) in [6, 6.07) is 13.1. The minimum atomic E-state index is -3.93. The molecule has 10 nitrogen and oxygen atoms in total. The highest BCUT2D eigenvalue weighted by atomic mass is 32.2. The maximum atomic E-state index is 13.1. The Bertz CT molecular complexity index is 1260. The van der Waals surface area contributed by atoms with Crippen LogP contribution in [0.25, 0.3) is 5.69 Å². The summed E-state index contributed by atoms with van der Waals surface area (Å²) in [7, 11) is -3.93. The van der Waals surface area contributed by atoms with Crippen LogP contribution in [0.1, 0.15) is 16.1 Å². The van der Waals surface area contributed by atoms with Crippen LogP contribution in [0.2, 0.25) is 0 Å². The van der Waals surface area contributed by atoms with Crippen molar-refractivity contribution in [2.45, 2.75) is 11.8 Å². The van der Waals surface area contributed by atoms with Gasteiger partial charge >= 0.3 is 0 Å². The molecule has 1 aliphatic heterocycles. The van der Waals surface area contributed by atoms with Gasteiger partial charge in [-0.15, -0.1) is 0 Å². The number of nitrogens with zero attached hydrogens (tertiary/aromatic N) is 5. The van der Waals surface area contributed by atoms with Gasteiger partial charge in [0.25, 0.3) is 11.6 Å². The maximum absolute atomic E-state index is 13.1. The van der Waals surface area contributed by atoms with Crippen molar-refractivity contribution >= 4 is 21.6 Å². The molecule has 0 bridgehead atoms. The first-order chi connectivity index (χ1) is 15.3. The third-order valence-corrected chi connectivity index (χ3v) is 7.46. The van der Waals surface area contributed by atoms with Crippen molar-refractivity contribution in [2.24, 2.45) is 0 Å². The molecule has 166 valence electrons. The molecule has 0 spiro atoms. The van der Waals surface area contributed by atoms with E-state index in [4.69, 9.17) is 0 Å². The molecule has 1 saturated heterocycles. The van der Waals surface area contributed by atoms with E-state index in [2.05, 4.69) is 4.98 Å². The zero-order valence-corrected chi connectivity index (χ0v) is 18.1. The van der Waals surface area contributed by atoms with Crippen LogP contribution in [0.15, 0.2) is 66.0 Å². The minimum Gasteiger partial charge on any atom is -0.335 e. The van der Waals surface area contributed by atoms with Crippen LogP contribution in [-0.2, 0) is 10.0 Å². The van der Waals surface area contributed by atoms with Gasteiger partial charge in [0, 0.05) is 44.0 Å². The number of piperazine rings is 1. The van der Waals surface area contributed by atoms with E-state index in [0.29, 0.717) is 11.3 Å². The van der Waals surface area contributed by atoms with E-state index >= 15 is 0 Å². The molecule has 1 amide bonds. The SMILES string of the molecule is Cc1ccc([N+](=O)[O-])cc1S(=O)(=O)N1CCN(C(=O)c2cncn2-c2ccccc2)CC1. The summed E-state index contributed by atoms with van der Waals surface area (Å²) in [5.74, 6) is -0.241. The molecule has 0 saturated carbocycles. The van der Waals surface area contributed by atoms with Gasteiger partial charge in [0.05, 0.1) is 22.3 Å². The number of imidazole rings is 1. The van der Waals surface area contributed by atoms with Gasteiger partial charge in [-0.05, 0) is 24.6 Å². The summed E-state index contributed by atoms with van der Waals surface area (Å²) in [6.07, 6.45) is 3.05. The number of benzene rings is 2. The Hall–Kier alpha value is -3.57. The molecule has 1 aliphatic rings. The van der Waals surface area contributed by atoms with Gasteiger partial charge in [0.2, 0.25) is 10.0 Å². The Balaban J connectivity index is 1.51. The third-order valence-electron chi connectivity index (χ3n) is 5.42. The summed E-state index contributed by atoms with van der Waals surface area (Å²) in [5.41, 5.74) is 1.34. The fourth-order valence-corrected chi connectivity index (χ4v) is 5.33. The number of aryl methyl sites for hydroxylation is 1. The zero-order valence-electron chi connectivity index (χ0n) is 17.3. The molecule has 1 fully saturated rings. The molecule has 2 heterocycles. The highest BCUT2D eigenvalue weighted by Gasteiger charge is 2.33. The zero-order chi connectivity index (χ0) is 22.9. The molecule has 4 rings (SSSR count). The molecule has 11 heteroatoms. The number of sulfonamides is 1. The van der Waals surface area contributed by atoms with Crippen molar-refractivity contribution in [2.75, 3.05) is 26.2 Å². The van der Waals surface area contributed by atoms with E-state index in [9.17, 15) is 23.3 Å². The van der Waals surface area contributed by atoms with E-state index in [1.165, 1.54) is 22.6 Å². The van der Waals surface area contributed by atoms with Gasteiger partial charge in [0.15, 0.2) is 0 Å². The van der Waals surface area contributed by atoms with Crippen LogP contribution < -0.4 is 0 Å². The lowest BCUT2D eigenvalue weighted by Crippen LogP contribution is -2.50. The topological polar surface area (TPSA) is 119 Å². The predicted molar refractivity (Wildman–Crippen MR) is 116 cm³/mol. The van der Waals surface area contributed by atoms with Crippen molar-refractivity contribution in [3.63, 3.8) is 0 Å². The average molecular weight is 455 g/mol. The molecule has 0 unspecified atom stereocenters. The molecular formula is C21H21N5O5S. The lowest BCUT2D eigenvalue weighted by Gasteiger charge is -2.34. The summed E-state index contributed by atoms with van der Waals surface area (Å²) >= 11 is 0. The lowest BCUT2D eigenvalue weighted by atomic mass is 10.2. The Morgan fingerprint density at radius 1 is 1.06 bits per heavy atom. The number of nitro groups is 1. The van der Waals surface area contributed by atoms with E-state index in [1.54, 1.807) is 22.7 Å². The second kappa shape index (κ2) is 8.52. The first kappa shape index (κ1) is 21.7. The number of non-ortho nitro benzene ring substituents is 1. The quantitative estimate of drug-likeness (QED) is 0.430. The van der Waals surface area contributed by atoms with Crippen LogP contribution >= 0.6 is 0 Å². The number of carbonyl (C=O) groups is 1. The fraction of sp³-hybridized carbons (Fsp3) is 0.238. The van der Waals surface area contributed by atoms with Gasteiger partial charge in [-0.3, -0.25) is 19.5 Å². The highest BCUT2D eigenvalue weighted by Crippen LogP contribution is 2.26. The molecule has 2 aromatic carbocycles. The summed E-state index contributed by atoms with van der Waals surface area (Å²) < 4.78 is 29.2. The van der Waals surface area contributed by atoms with E-state index in [0.717, 1.165) is 11.8 Å². The fourth-order valence-electron chi connectivity index (χ4n) is 3.66. The second-order valence-electron chi connectivity index (χ2n) is 7.39. The molecule has 0 N–H and O–H groups in total. The highest BCUT2D eigenvalue weighted by molar-refractivity contribution is 7.89. The normalized spacial score (nSPS) is 15.0. The Morgan fingerprint density at radius 2 is 1.75 bits per heavy atom. The van der Waals surface area contributed by atoms with Crippen molar-refractivity contribution in [1.29, 1.82) is 0 Å². The number of rotatable bonds is 5. The van der Waals surface area contributed by atoms with E-state index in [-0.39, 0.29) is 42.7 Å². The Morgan fingerprint density at radius 3 is 2.41 bits per heavy atom. The molecule has 3 aromatic rings. The Kier molecular flexibility index (Phi) is 5.76. The van der Waals surface area contributed by atoms with E-state index in [1.807, 2.05) is 30.3 Å². The van der Waals surface area contributed by atoms with Crippen molar-refractivity contribution in [3.8, 4) is 5.69 Å². The Labute approximate surface area is 184 Å². The summed E-state index contributed by atoms with van der Waals surface area (Å²) in [4.78, 5) is 29.1. The van der Waals surface area contributed by atoms with Crippen molar-refractivity contribution in [3.05, 3.63) is 82.4 Å². The molecule has 1 aromatic heterocycles. The largest absolute Gasteiger partial charge is 0.335 e. The van der Waals surface area contributed by atoms with Crippen LogP contribution in [-0.4, -0.2) is 64.2 Å². The van der Waals surface area contributed by atoms with E-state index < -0.39 is 14.9 Å².